The number of methoxy groups -OCH3 is 1. The average Bonchev–Trinajstić information content (AvgIpc) is 3.30. The van der Waals surface area contributed by atoms with Gasteiger partial charge >= 0.3 is 5.97 Å². The van der Waals surface area contributed by atoms with Crippen molar-refractivity contribution in [2.45, 2.75) is 33.2 Å². The molecule has 0 fully saturated rings. The molecule has 0 amide bonds. The molecular formula is C21H24ClN7O2. The summed E-state index contributed by atoms with van der Waals surface area (Å²) in [4.78, 5) is 33.3. The van der Waals surface area contributed by atoms with E-state index in [0.717, 1.165) is 11.0 Å². The fourth-order valence-corrected chi connectivity index (χ4v) is 3.53. The number of anilines is 1. The van der Waals surface area contributed by atoms with Gasteiger partial charge in [-0.1, -0.05) is 32.4 Å². The Morgan fingerprint density at radius 3 is 2.81 bits per heavy atom. The molecule has 162 valence electrons. The van der Waals surface area contributed by atoms with Crippen LogP contribution in [-0.4, -0.2) is 48.6 Å². The van der Waals surface area contributed by atoms with Crippen molar-refractivity contribution >= 4 is 45.6 Å². The number of rotatable bonds is 5. The SMILES string of the molecule is COC(=O)CC(Nc1nc(-c2c[nH]c3ncc(Cl)nc23)nc2c1ccn2C)C(C)(C)C. The van der Waals surface area contributed by atoms with Crippen LogP contribution in [0.1, 0.15) is 27.2 Å². The van der Waals surface area contributed by atoms with Gasteiger partial charge in [-0.2, -0.15) is 0 Å². The predicted molar refractivity (Wildman–Crippen MR) is 120 cm³/mol. The number of aromatic amines is 1. The van der Waals surface area contributed by atoms with Crippen LogP contribution < -0.4 is 5.32 Å². The number of nitrogens with one attached hydrogen (secondary N) is 2. The maximum Gasteiger partial charge on any atom is 0.307 e. The van der Waals surface area contributed by atoms with Gasteiger partial charge in [-0.05, 0) is 11.5 Å². The second kappa shape index (κ2) is 7.81. The van der Waals surface area contributed by atoms with E-state index in [2.05, 4.69) is 41.0 Å². The topological polar surface area (TPSA) is 111 Å². The molecule has 0 spiro atoms. The third kappa shape index (κ3) is 4.05. The largest absolute Gasteiger partial charge is 0.469 e. The first kappa shape index (κ1) is 21.0. The molecule has 0 saturated heterocycles. The lowest BCUT2D eigenvalue weighted by atomic mass is 9.84. The zero-order chi connectivity index (χ0) is 22.3. The summed E-state index contributed by atoms with van der Waals surface area (Å²) in [5.74, 6) is 0.826. The second-order valence-electron chi connectivity index (χ2n) is 8.50. The Morgan fingerprint density at radius 2 is 2.10 bits per heavy atom. The number of hydrogen-bond acceptors (Lipinski definition) is 7. The molecule has 4 heterocycles. The number of aryl methyl sites for hydroxylation is 1. The van der Waals surface area contributed by atoms with Crippen LogP contribution in [0.25, 0.3) is 33.6 Å². The molecule has 0 aliphatic heterocycles. The molecule has 0 saturated carbocycles. The summed E-state index contributed by atoms with van der Waals surface area (Å²) in [6.45, 7) is 6.19. The van der Waals surface area contributed by atoms with Crippen molar-refractivity contribution < 1.29 is 9.53 Å². The van der Waals surface area contributed by atoms with Crippen LogP contribution in [0.15, 0.2) is 24.7 Å². The number of aromatic nitrogens is 6. The summed E-state index contributed by atoms with van der Waals surface area (Å²) in [5.41, 5.74) is 2.41. The fourth-order valence-electron chi connectivity index (χ4n) is 3.40. The first-order chi connectivity index (χ1) is 14.7. The van der Waals surface area contributed by atoms with E-state index < -0.39 is 0 Å². The highest BCUT2D eigenvalue weighted by Gasteiger charge is 2.29. The molecular weight excluding hydrogens is 418 g/mol. The second-order valence-corrected chi connectivity index (χ2v) is 8.88. The van der Waals surface area contributed by atoms with Crippen LogP contribution in [0.4, 0.5) is 5.82 Å². The third-order valence-electron chi connectivity index (χ3n) is 5.27. The molecule has 9 nitrogen and oxygen atoms in total. The number of hydrogen-bond donors (Lipinski definition) is 2. The van der Waals surface area contributed by atoms with Gasteiger partial charge in [0.05, 0.1) is 30.7 Å². The van der Waals surface area contributed by atoms with Crippen molar-refractivity contribution in [1.29, 1.82) is 0 Å². The molecule has 4 aromatic rings. The highest BCUT2D eigenvalue weighted by Crippen LogP contribution is 2.32. The molecule has 2 N–H and O–H groups in total. The van der Waals surface area contributed by atoms with E-state index in [-0.39, 0.29) is 29.0 Å². The van der Waals surface area contributed by atoms with Crippen molar-refractivity contribution in [3.63, 3.8) is 0 Å². The van der Waals surface area contributed by atoms with E-state index in [9.17, 15) is 4.79 Å². The predicted octanol–water partition coefficient (Wildman–Crippen LogP) is 3.95. The van der Waals surface area contributed by atoms with Crippen LogP contribution >= 0.6 is 11.6 Å². The molecule has 31 heavy (non-hydrogen) atoms. The Kier molecular flexibility index (Phi) is 5.30. The smallest absolute Gasteiger partial charge is 0.307 e. The Morgan fingerprint density at radius 1 is 1.32 bits per heavy atom. The van der Waals surface area contributed by atoms with Gasteiger partial charge in [0, 0.05) is 25.5 Å². The van der Waals surface area contributed by atoms with Gasteiger partial charge < -0.3 is 19.6 Å². The van der Waals surface area contributed by atoms with E-state index in [1.807, 2.05) is 23.9 Å². The van der Waals surface area contributed by atoms with Crippen LogP contribution in [0, 0.1) is 5.41 Å². The van der Waals surface area contributed by atoms with Crippen molar-refractivity contribution in [3.05, 3.63) is 29.8 Å². The molecule has 0 bridgehead atoms. The Bertz CT molecular complexity index is 1270. The summed E-state index contributed by atoms with van der Waals surface area (Å²) in [5, 5.41) is 4.61. The van der Waals surface area contributed by atoms with Crippen molar-refractivity contribution in [3.8, 4) is 11.4 Å². The number of carbonyl (C=O) groups is 1. The number of esters is 1. The molecule has 1 atom stereocenters. The Balaban J connectivity index is 1.85. The van der Waals surface area contributed by atoms with Gasteiger partial charge in [0.2, 0.25) is 0 Å². The highest BCUT2D eigenvalue weighted by atomic mass is 35.5. The number of carbonyl (C=O) groups excluding carboxylic acids is 1. The lowest BCUT2D eigenvalue weighted by Gasteiger charge is -2.31. The Labute approximate surface area is 184 Å². The highest BCUT2D eigenvalue weighted by molar-refractivity contribution is 6.29. The number of ether oxygens (including phenoxy) is 1. The number of nitrogens with zero attached hydrogens (tertiary/aromatic N) is 5. The van der Waals surface area contributed by atoms with E-state index in [4.69, 9.17) is 26.3 Å². The fraction of sp³-hybridized carbons (Fsp3) is 0.381. The van der Waals surface area contributed by atoms with Crippen LogP contribution in [0.5, 0.6) is 0 Å². The van der Waals surface area contributed by atoms with Crippen LogP contribution in [0.3, 0.4) is 0 Å². The summed E-state index contributed by atoms with van der Waals surface area (Å²) in [6.07, 6.45) is 5.39. The first-order valence-electron chi connectivity index (χ1n) is 9.84. The van der Waals surface area contributed by atoms with Gasteiger partial charge in [0.1, 0.15) is 22.1 Å². The molecule has 0 aliphatic carbocycles. The van der Waals surface area contributed by atoms with E-state index in [0.29, 0.717) is 28.4 Å². The van der Waals surface area contributed by atoms with Crippen molar-refractivity contribution in [2.24, 2.45) is 12.5 Å². The lowest BCUT2D eigenvalue weighted by molar-refractivity contribution is -0.141. The summed E-state index contributed by atoms with van der Waals surface area (Å²) in [7, 11) is 3.31. The zero-order valence-corrected chi connectivity index (χ0v) is 18.8. The lowest BCUT2D eigenvalue weighted by Crippen LogP contribution is -2.36. The van der Waals surface area contributed by atoms with Crippen LogP contribution in [0.2, 0.25) is 5.15 Å². The number of H-pyrrole nitrogens is 1. The molecule has 10 heteroatoms. The van der Waals surface area contributed by atoms with E-state index in [1.54, 1.807) is 6.20 Å². The van der Waals surface area contributed by atoms with Gasteiger partial charge in [-0.25, -0.2) is 19.9 Å². The molecule has 0 radical (unpaired) electrons. The minimum absolute atomic E-state index is 0.205. The molecule has 4 rings (SSSR count). The zero-order valence-electron chi connectivity index (χ0n) is 18.0. The van der Waals surface area contributed by atoms with Crippen molar-refractivity contribution in [1.82, 2.24) is 29.5 Å². The summed E-state index contributed by atoms with van der Waals surface area (Å²) < 4.78 is 6.82. The standard InChI is InChI=1S/C21H24ClN7O2/c1-21(2,3)13(8-15(30)31-5)25-17-11-6-7-29(4)20(11)28-18(27-17)12-9-23-19-16(12)26-14(22)10-24-19/h6-7,9-10,13H,8H2,1-5H3,(H,23,24)(H,25,27,28). The number of fused-ring (bicyclic) bond motifs is 2. The maximum atomic E-state index is 12.0. The number of halogens is 1. The Hall–Kier alpha value is -3.20. The third-order valence-corrected chi connectivity index (χ3v) is 5.45. The van der Waals surface area contributed by atoms with Gasteiger partial charge in [-0.15, -0.1) is 0 Å². The summed E-state index contributed by atoms with van der Waals surface area (Å²) >= 11 is 6.06. The molecule has 0 aliphatic rings. The minimum atomic E-state index is -0.285. The molecule has 1 unspecified atom stereocenters. The normalized spacial score (nSPS) is 13.0. The van der Waals surface area contributed by atoms with E-state index in [1.165, 1.54) is 13.3 Å². The van der Waals surface area contributed by atoms with E-state index >= 15 is 0 Å². The first-order valence-corrected chi connectivity index (χ1v) is 10.2. The van der Waals surface area contributed by atoms with Gasteiger partial charge in [-0.3, -0.25) is 4.79 Å². The van der Waals surface area contributed by atoms with Crippen molar-refractivity contribution in [2.75, 3.05) is 12.4 Å². The molecule has 4 aromatic heterocycles. The summed E-state index contributed by atoms with van der Waals surface area (Å²) in [6, 6.07) is 1.74. The van der Waals surface area contributed by atoms with Gasteiger partial charge in [0.25, 0.3) is 0 Å². The quantitative estimate of drug-likeness (QED) is 0.451. The van der Waals surface area contributed by atoms with Crippen LogP contribution in [-0.2, 0) is 16.6 Å². The average molecular weight is 442 g/mol. The minimum Gasteiger partial charge on any atom is -0.469 e. The maximum absolute atomic E-state index is 12.0. The van der Waals surface area contributed by atoms with Gasteiger partial charge in [0.15, 0.2) is 11.5 Å². The molecule has 0 aromatic carbocycles. The monoisotopic (exact) mass is 441 g/mol.